The SMILES string of the molecule is CC(CCC(=O)OC(C(F)(F)F)C(F)(F)S(=O)(=O)[O-])[C@H]1CC[C@H]2[C@@H]3[C@H](OC=O)C[C@@H]4C[C@H](OC=O)CC[C@]4(C)[C@H]3C[C@H](OC=O)[C@]12C. The summed E-state index contributed by atoms with van der Waals surface area (Å²) in [5.41, 5.74) is -0.973. The van der Waals surface area contributed by atoms with Crippen LogP contribution < -0.4 is 0 Å². The van der Waals surface area contributed by atoms with Crippen LogP contribution in [0.5, 0.6) is 0 Å². The number of ether oxygens (including phenoxy) is 4. The van der Waals surface area contributed by atoms with Crippen molar-refractivity contribution in [1.82, 2.24) is 0 Å². The van der Waals surface area contributed by atoms with Crippen LogP contribution in [0.4, 0.5) is 22.0 Å². The van der Waals surface area contributed by atoms with Crippen molar-refractivity contribution >= 4 is 35.5 Å². The lowest BCUT2D eigenvalue weighted by Gasteiger charge is -2.64. The Kier molecular flexibility index (Phi) is 10.6. The van der Waals surface area contributed by atoms with E-state index < -0.39 is 63.6 Å². The van der Waals surface area contributed by atoms with Crippen molar-refractivity contribution in [2.45, 2.75) is 114 Å². The fraction of sp³-hybridized carbons (Fsp3) is 0.867. The summed E-state index contributed by atoms with van der Waals surface area (Å²) >= 11 is 0. The highest BCUT2D eigenvalue weighted by molar-refractivity contribution is 7.86. The maximum absolute atomic E-state index is 13.9. The van der Waals surface area contributed by atoms with Gasteiger partial charge in [-0.3, -0.25) is 19.2 Å². The average Bonchev–Trinajstić information content (AvgIpc) is 3.33. The van der Waals surface area contributed by atoms with E-state index in [1.807, 2.05) is 6.92 Å². The van der Waals surface area contributed by atoms with E-state index >= 15 is 0 Å². The van der Waals surface area contributed by atoms with Gasteiger partial charge in [0, 0.05) is 17.8 Å². The summed E-state index contributed by atoms with van der Waals surface area (Å²) in [7, 11) is -6.82. The van der Waals surface area contributed by atoms with Crippen molar-refractivity contribution < 1.29 is 73.0 Å². The Labute approximate surface area is 269 Å². The van der Waals surface area contributed by atoms with Crippen molar-refractivity contribution in [2.24, 2.45) is 46.3 Å². The molecule has 12 atom stereocenters. The van der Waals surface area contributed by atoms with E-state index in [4.69, 9.17) is 14.2 Å². The molecule has 0 saturated heterocycles. The van der Waals surface area contributed by atoms with Gasteiger partial charge in [-0.2, -0.15) is 22.0 Å². The lowest BCUT2D eigenvalue weighted by molar-refractivity contribution is -0.259. The van der Waals surface area contributed by atoms with Crippen LogP contribution in [0, 0.1) is 46.3 Å². The van der Waals surface area contributed by atoms with Crippen LogP contribution in [-0.4, -0.2) is 74.2 Å². The molecule has 4 fully saturated rings. The lowest BCUT2D eigenvalue weighted by Crippen LogP contribution is -2.63. The molecule has 0 bridgehead atoms. The minimum Gasteiger partial charge on any atom is -0.743 e. The highest BCUT2D eigenvalue weighted by Crippen LogP contribution is 2.69. The zero-order valence-electron chi connectivity index (χ0n) is 26.2. The number of esters is 1. The maximum atomic E-state index is 13.9. The van der Waals surface area contributed by atoms with Crippen molar-refractivity contribution in [1.29, 1.82) is 0 Å². The van der Waals surface area contributed by atoms with Crippen LogP contribution >= 0.6 is 0 Å². The second-order valence-electron chi connectivity index (χ2n) is 14.1. The third kappa shape index (κ3) is 6.71. The zero-order chi connectivity index (χ0) is 35.2. The Hall–Kier alpha value is -2.56. The molecule has 0 amide bonds. The molecule has 0 heterocycles. The Morgan fingerprint density at radius 1 is 0.936 bits per heavy atom. The molecule has 47 heavy (non-hydrogen) atoms. The molecule has 0 aliphatic heterocycles. The molecule has 4 rings (SSSR count). The number of rotatable bonds is 13. The molecule has 0 aromatic heterocycles. The standard InChI is InChI=1S/C30H41F5O11S/c1-16(4-7-24(39)46-26(29(31,32)33)30(34,35)47(40,41)42)19-5-6-20-25-21(12-23(45-15-38)28(19,20)3)27(2)9-8-18(43-13-36)10-17(27)11-22(25)44-14-37/h13-23,25-26H,4-12H2,1-3H3,(H,40,41,42)/p-1/t16?,17-,18+,19+,20-,21-,22+,23-,25-,26?,27-,28+/m0/s1. The maximum Gasteiger partial charge on any atom is 0.432 e. The Morgan fingerprint density at radius 2 is 1.57 bits per heavy atom. The van der Waals surface area contributed by atoms with Gasteiger partial charge in [-0.05, 0) is 86.4 Å². The molecule has 11 nitrogen and oxygen atoms in total. The second kappa shape index (κ2) is 13.4. The average molecular weight is 704 g/mol. The molecule has 0 radical (unpaired) electrons. The van der Waals surface area contributed by atoms with Gasteiger partial charge in [-0.1, -0.05) is 20.8 Å². The molecule has 0 N–H and O–H groups in total. The molecule has 4 aliphatic rings. The number of hydrogen-bond donors (Lipinski definition) is 0. The van der Waals surface area contributed by atoms with E-state index in [0.717, 1.165) is 6.42 Å². The van der Waals surface area contributed by atoms with Crippen LogP contribution in [0.2, 0.25) is 0 Å². The highest BCUT2D eigenvalue weighted by Gasteiger charge is 2.68. The molecule has 0 aromatic carbocycles. The molecular weight excluding hydrogens is 663 g/mol. The van der Waals surface area contributed by atoms with E-state index in [0.29, 0.717) is 57.9 Å². The summed E-state index contributed by atoms with van der Waals surface area (Å²) < 4.78 is 121. The normalized spacial score (nSPS) is 38.4. The highest BCUT2D eigenvalue weighted by atomic mass is 32.2. The molecule has 2 unspecified atom stereocenters. The quantitative estimate of drug-likeness (QED) is 0.0872. The number of fused-ring (bicyclic) bond motifs is 5. The first-order valence-electron chi connectivity index (χ1n) is 15.6. The summed E-state index contributed by atoms with van der Waals surface area (Å²) in [5.74, 6) is -2.71. The van der Waals surface area contributed by atoms with Crippen molar-refractivity contribution in [3.63, 3.8) is 0 Å². The Morgan fingerprint density at radius 3 is 2.15 bits per heavy atom. The van der Waals surface area contributed by atoms with Gasteiger partial charge in [0.25, 0.3) is 25.5 Å². The number of carbonyl (C=O) groups excluding carboxylic acids is 4. The van der Waals surface area contributed by atoms with Gasteiger partial charge >= 0.3 is 17.4 Å². The summed E-state index contributed by atoms with van der Waals surface area (Å²) in [6, 6.07) is 0. The first kappa shape index (κ1) is 37.3. The van der Waals surface area contributed by atoms with Gasteiger partial charge in [-0.15, -0.1) is 0 Å². The van der Waals surface area contributed by atoms with Gasteiger partial charge in [-0.25, -0.2) is 8.42 Å². The van der Waals surface area contributed by atoms with Crippen molar-refractivity contribution in [2.75, 3.05) is 0 Å². The minimum absolute atomic E-state index is 0.0336. The summed E-state index contributed by atoms with van der Waals surface area (Å²) in [6.45, 7) is 7.03. The Balaban J connectivity index is 1.56. The topological polar surface area (TPSA) is 162 Å². The molecule has 0 aromatic rings. The third-order valence-electron chi connectivity index (χ3n) is 12.1. The van der Waals surface area contributed by atoms with E-state index in [-0.39, 0.29) is 47.5 Å². The molecule has 0 spiro atoms. The number of alkyl halides is 5. The first-order chi connectivity index (χ1) is 21.8. The fourth-order valence-corrected chi connectivity index (χ4v) is 10.4. The van der Waals surface area contributed by atoms with Crippen LogP contribution in [0.15, 0.2) is 0 Å². The zero-order valence-corrected chi connectivity index (χ0v) is 27.0. The van der Waals surface area contributed by atoms with Crippen LogP contribution in [0.3, 0.4) is 0 Å². The van der Waals surface area contributed by atoms with Crippen LogP contribution in [0.25, 0.3) is 0 Å². The van der Waals surface area contributed by atoms with Gasteiger partial charge < -0.3 is 23.5 Å². The third-order valence-corrected chi connectivity index (χ3v) is 13.0. The van der Waals surface area contributed by atoms with E-state index in [1.54, 1.807) is 6.92 Å². The monoisotopic (exact) mass is 703 g/mol. The van der Waals surface area contributed by atoms with E-state index in [2.05, 4.69) is 11.7 Å². The second-order valence-corrected chi connectivity index (χ2v) is 15.5. The predicted molar refractivity (Wildman–Crippen MR) is 148 cm³/mol. The smallest absolute Gasteiger partial charge is 0.432 e. The molecule has 4 saturated carbocycles. The van der Waals surface area contributed by atoms with Gasteiger partial charge in [0.1, 0.15) is 18.3 Å². The first-order valence-corrected chi connectivity index (χ1v) is 17.0. The van der Waals surface area contributed by atoms with Gasteiger partial charge in [0.05, 0.1) is 0 Å². The molecule has 4 aliphatic carbocycles. The van der Waals surface area contributed by atoms with Gasteiger partial charge in [0.2, 0.25) is 0 Å². The number of hydrogen-bond acceptors (Lipinski definition) is 11. The van der Waals surface area contributed by atoms with Crippen molar-refractivity contribution in [3.8, 4) is 0 Å². The van der Waals surface area contributed by atoms with Crippen LogP contribution in [0.1, 0.15) is 78.6 Å². The fourth-order valence-electron chi connectivity index (χ4n) is 9.94. The largest absolute Gasteiger partial charge is 0.743 e. The van der Waals surface area contributed by atoms with E-state index in [9.17, 15) is 54.1 Å². The molecule has 17 heteroatoms. The Bertz CT molecular complexity index is 1300. The predicted octanol–water partition coefficient (Wildman–Crippen LogP) is 4.52. The summed E-state index contributed by atoms with van der Waals surface area (Å²) in [6.07, 6.45) is -8.67. The molecular formula is C30H40F5O11S-. The number of halogens is 5. The summed E-state index contributed by atoms with van der Waals surface area (Å²) in [5, 5.41) is -5.94. The van der Waals surface area contributed by atoms with Crippen LogP contribution in [-0.2, 0) is 48.2 Å². The minimum atomic E-state index is -6.82. The number of carbonyl (C=O) groups is 4. The van der Waals surface area contributed by atoms with Crippen molar-refractivity contribution in [3.05, 3.63) is 0 Å². The summed E-state index contributed by atoms with van der Waals surface area (Å²) in [4.78, 5) is 46.9. The molecule has 268 valence electrons. The van der Waals surface area contributed by atoms with Gasteiger partial charge in [0.15, 0.2) is 10.1 Å². The van der Waals surface area contributed by atoms with E-state index in [1.165, 1.54) is 0 Å². The lowest BCUT2D eigenvalue weighted by atomic mass is 9.43.